The number of halogens is 2. The first-order valence-electron chi connectivity index (χ1n) is 7.14. The van der Waals surface area contributed by atoms with Gasteiger partial charge in [-0.25, -0.2) is 9.18 Å². The van der Waals surface area contributed by atoms with E-state index in [2.05, 4.69) is 5.32 Å². The summed E-state index contributed by atoms with van der Waals surface area (Å²) in [6.07, 6.45) is 0. The molecule has 1 N–H and O–H groups in total. The Morgan fingerprint density at radius 1 is 1.21 bits per heavy atom. The van der Waals surface area contributed by atoms with Gasteiger partial charge in [0.15, 0.2) is 6.61 Å². The van der Waals surface area contributed by atoms with E-state index in [0.29, 0.717) is 11.4 Å². The van der Waals surface area contributed by atoms with Crippen LogP contribution in [0.15, 0.2) is 42.5 Å². The van der Waals surface area contributed by atoms with Gasteiger partial charge in [-0.1, -0.05) is 17.7 Å². The molecule has 0 unspecified atom stereocenters. The highest BCUT2D eigenvalue weighted by atomic mass is 35.5. The topological polar surface area (TPSA) is 64.6 Å². The van der Waals surface area contributed by atoms with E-state index in [9.17, 15) is 14.0 Å². The van der Waals surface area contributed by atoms with Crippen LogP contribution in [0.2, 0.25) is 5.02 Å². The van der Waals surface area contributed by atoms with Crippen LogP contribution in [0.1, 0.15) is 17.3 Å². The standard InChI is InChI=1S/C17H15ClFNO4/c1-2-23-16(21)10-24-13-5-3-4-12(9-13)20-17(22)14-8-11(18)6-7-15(14)19/h3-9H,2,10H2,1H3,(H,20,22). The van der Waals surface area contributed by atoms with Crippen LogP contribution in [0, 0.1) is 5.82 Å². The summed E-state index contributed by atoms with van der Waals surface area (Å²) in [5.74, 6) is -1.44. The number of carbonyl (C=O) groups is 2. The highest BCUT2D eigenvalue weighted by Crippen LogP contribution is 2.20. The van der Waals surface area contributed by atoms with E-state index in [1.807, 2.05) is 0 Å². The maximum Gasteiger partial charge on any atom is 0.344 e. The Morgan fingerprint density at radius 3 is 2.75 bits per heavy atom. The van der Waals surface area contributed by atoms with Gasteiger partial charge in [0.2, 0.25) is 0 Å². The molecular weight excluding hydrogens is 337 g/mol. The first-order valence-corrected chi connectivity index (χ1v) is 7.52. The van der Waals surface area contributed by atoms with Crippen LogP contribution in [-0.2, 0) is 9.53 Å². The first kappa shape index (κ1) is 17.7. The number of anilines is 1. The van der Waals surface area contributed by atoms with Crippen molar-refractivity contribution in [3.05, 3.63) is 58.9 Å². The van der Waals surface area contributed by atoms with Crippen LogP contribution in [0.5, 0.6) is 5.75 Å². The number of amides is 1. The number of benzene rings is 2. The molecule has 126 valence electrons. The maximum atomic E-state index is 13.7. The lowest BCUT2D eigenvalue weighted by Crippen LogP contribution is -2.15. The number of carbonyl (C=O) groups excluding carboxylic acids is 2. The molecule has 2 rings (SSSR count). The fraction of sp³-hybridized carbons (Fsp3) is 0.176. The molecule has 7 heteroatoms. The Hall–Kier alpha value is -2.60. The van der Waals surface area contributed by atoms with Crippen LogP contribution < -0.4 is 10.1 Å². The summed E-state index contributed by atoms with van der Waals surface area (Å²) >= 11 is 5.78. The van der Waals surface area contributed by atoms with E-state index in [0.717, 1.165) is 6.07 Å². The highest BCUT2D eigenvalue weighted by molar-refractivity contribution is 6.31. The summed E-state index contributed by atoms with van der Waals surface area (Å²) in [5.41, 5.74) is 0.223. The van der Waals surface area contributed by atoms with Gasteiger partial charge in [0.25, 0.3) is 5.91 Å². The number of hydrogen-bond donors (Lipinski definition) is 1. The third-order valence-electron chi connectivity index (χ3n) is 2.93. The van der Waals surface area contributed by atoms with E-state index >= 15 is 0 Å². The molecule has 24 heavy (non-hydrogen) atoms. The third-order valence-corrected chi connectivity index (χ3v) is 3.16. The van der Waals surface area contributed by atoms with Gasteiger partial charge in [-0.3, -0.25) is 4.79 Å². The average Bonchev–Trinajstić information content (AvgIpc) is 2.56. The lowest BCUT2D eigenvalue weighted by molar-refractivity contribution is -0.145. The second-order valence-corrected chi connectivity index (χ2v) is 5.14. The SMILES string of the molecule is CCOC(=O)COc1cccc(NC(=O)c2cc(Cl)ccc2F)c1. The molecule has 0 heterocycles. The Bertz CT molecular complexity index is 751. The normalized spacial score (nSPS) is 10.1. The molecule has 0 spiro atoms. The number of esters is 1. The zero-order valence-electron chi connectivity index (χ0n) is 12.8. The molecule has 5 nitrogen and oxygen atoms in total. The second-order valence-electron chi connectivity index (χ2n) is 4.70. The minimum Gasteiger partial charge on any atom is -0.482 e. The molecule has 0 aromatic heterocycles. The second kappa shape index (κ2) is 8.31. The Labute approximate surface area is 143 Å². The minimum absolute atomic E-state index is 0.166. The summed E-state index contributed by atoms with van der Waals surface area (Å²) in [7, 11) is 0. The van der Waals surface area contributed by atoms with Gasteiger partial charge in [-0.2, -0.15) is 0 Å². The summed E-state index contributed by atoms with van der Waals surface area (Å²) in [6, 6.07) is 10.1. The fourth-order valence-corrected chi connectivity index (χ4v) is 2.05. The fourth-order valence-electron chi connectivity index (χ4n) is 1.88. The zero-order chi connectivity index (χ0) is 17.5. The monoisotopic (exact) mass is 351 g/mol. The Morgan fingerprint density at radius 2 is 2.00 bits per heavy atom. The van der Waals surface area contributed by atoms with Gasteiger partial charge in [0.05, 0.1) is 12.2 Å². The molecule has 0 bridgehead atoms. The van der Waals surface area contributed by atoms with Crippen LogP contribution in [0.3, 0.4) is 0 Å². The van der Waals surface area contributed by atoms with Crippen molar-refractivity contribution in [1.29, 1.82) is 0 Å². The Balaban J connectivity index is 2.05. The predicted molar refractivity (Wildman–Crippen MR) is 87.9 cm³/mol. The third kappa shape index (κ3) is 4.96. The lowest BCUT2D eigenvalue weighted by atomic mass is 10.2. The number of rotatable bonds is 6. The summed E-state index contributed by atoms with van der Waals surface area (Å²) in [5, 5.41) is 2.80. The van der Waals surface area contributed by atoms with Gasteiger partial charge >= 0.3 is 5.97 Å². The summed E-state index contributed by atoms with van der Waals surface area (Å²) < 4.78 is 23.7. The smallest absolute Gasteiger partial charge is 0.344 e. The molecule has 2 aromatic rings. The molecule has 0 aliphatic rings. The molecule has 0 aliphatic carbocycles. The van der Waals surface area contributed by atoms with Crippen molar-refractivity contribution >= 4 is 29.2 Å². The van der Waals surface area contributed by atoms with Gasteiger partial charge in [-0.15, -0.1) is 0 Å². The molecular formula is C17H15ClFNO4. The van der Waals surface area contributed by atoms with Crippen LogP contribution in [0.4, 0.5) is 10.1 Å². The largest absolute Gasteiger partial charge is 0.482 e. The van der Waals surface area contributed by atoms with Crippen LogP contribution in [-0.4, -0.2) is 25.1 Å². The van der Waals surface area contributed by atoms with Crippen molar-refractivity contribution in [1.82, 2.24) is 0 Å². The number of hydrogen-bond acceptors (Lipinski definition) is 4. The van der Waals surface area contributed by atoms with Crippen molar-refractivity contribution in [3.8, 4) is 5.75 Å². The molecule has 2 aromatic carbocycles. The zero-order valence-corrected chi connectivity index (χ0v) is 13.6. The first-order chi connectivity index (χ1) is 11.5. The number of ether oxygens (including phenoxy) is 2. The Kier molecular flexibility index (Phi) is 6.14. The summed E-state index contributed by atoms with van der Waals surface area (Å²) in [4.78, 5) is 23.4. The van der Waals surface area contributed by atoms with E-state index in [1.54, 1.807) is 25.1 Å². The maximum absolute atomic E-state index is 13.7. The van der Waals surface area contributed by atoms with Crippen molar-refractivity contribution < 1.29 is 23.5 Å². The van der Waals surface area contributed by atoms with Crippen LogP contribution in [0.25, 0.3) is 0 Å². The van der Waals surface area contributed by atoms with E-state index in [4.69, 9.17) is 21.1 Å². The van der Waals surface area contributed by atoms with Gasteiger partial charge in [0, 0.05) is 16.8 Å². The molecule has 0 saturated carbocycles. The molecule has 0 saturated heterocycles. The van der Waals surface area contributed by atoms with E-state index in [-0.39, 0.29) is 23.8 Å². The molecule has 0 radical (unpaired) electrons. The predicted octanol–water partition coefficient (Wildman–Crippen LogP) is 3.67. The molecule has 0 atom stereocenters. The molecule has 0 fully saturated rings. The van der Waals surface area contributed by atoms with E-state index in [1.165, 1.54) is 18.2 Å². The van der Waals surface area contributed by atoms with Crippen molar-refractivity contribution in [3.63, 3.8) is 0 Å². The minimum atomic E-state index is -0.674. The quantitative estimate of drug-likeness (QED) is 0.806. The van der Waals surface area contributed by atoms with E-state index < -0.39 is 17.7 Å². The molecule has 0 aliphatic heterocycles. The van der Waals surface area contributed by atoms with Crippen molar-refractivity contribution in [2.75, 3.05) is 18.5 Å². The van der Waals surface area contributed by atoms with Gasteiger partial charge < -0.3 is 14.8 Å². The molecule has 1 amide bonds. The summed E-state index contributed by atoms with van der Waals surface area (Å²) in [6.45, 7) is 1.72. The van der Waals surface area contributed by atoms with Gasteiger partial charge in [-0.05, 0) is 37.3 Å². The lowest BCUT2D eigenvalue weighted by Gasteiger charge is -2.09. The average molecular weight is 352 g/mol. The van der Waals surface area contributed by atoms with Crippen molar-refractivity contribution in [2.45, 2.75) is 6.92 Å². The van der Waals surface area contributed by atoms with Gasteiger partial charge in [0.1, 0.15) is 11.6 Å². The number of nitrogens with one attached hydrogen (secondary N) is 1. The van der Waals surface area contributed by atoms with Crippen molar-refractivity contribution in [2.24, 2.45) is 0 Å². The highest BCUT2D eigenvalue weighted by Gasteiger charge is 2.13. The van der Waals surface area contributed by atoms with Crippen LogP contribution >= 0.6 is 11.6 Å².